The van der Waals surface area contributed by atoms with E-state index in [0.717, 1.165) is 12.8 Å². The Morgan fingerprint density at radius 2 is 2.05 bits per heavy atom. The Balaban J connectivity index is 0.00000180. The number of benzene rings is 1. The van der Waals surface area contributed by atoms with E-state index < -0.39 is 11.9 Å². The van der Waals surface area contributed by atoms with E-state index in [2.05, 4.69) is 0 Å². The third-order valence-electron chi connectivity index (χ3n) is 3.40. The maximum Gasteiger partial charge on any atom is 0.144 e. The maximum atomic E-state index is 13.3. The van der Waals surface area contributed by atoms with Gasteiger partial charge >= 0.3 is 0 Å². The fourth-order valence-electron chi connectivity index (χ4n) is 2.29. The number of phenolic OH excluding ortho intramolecular Hbond substituents is 1. The van der Waals surface area contributed by atoms with Gasteiger partial charge in [-0.15, -0.1) is 12.4 Å². The van der Waals surface area contributed by atoms with Crippen LogP contribution in [-0.4, -0.2) is 18.3 Å². The number of aromatic hydroxyl groups is 1. The van der Waals surface area contributed by atoms with Gasteiger partial charge in [-0.25, -0.2) is 4.39 Å². The molecule has 1 aliphatic heterocycles. The Morgan fingerprint density at radius 1 is 1.42 bits per heavy atom. The molecule has 1 aliphatic rings. The Labute approximate surface area is 117 Å². The van der Waals surface area contributed by atoms with Crippen LogP contribution in [0.5, 0.6) is 5.75 Å². The minimum absolute atomic E-state index is 0. The molecule has 6 heteroatoms. The Hall–Kier alpha value is -1.35. The number of nitrogens with two attached hydrogens (primary N) is 1. The van der Waals surface area contributed by atoms with Gasteiger partial charge in [-0.1, -0.05) is 6.07 Å². The fourth-order valence-corrected chi connectivity index (χ4v) is 2.29. The first-order valence-corrected chi connectivity index (χ1v) is 5.90. The highest BCUT2D eigenvalue weighted by atomic mass is 35.5. The molecule has 104 valence electrons. The Bertz CT molecular complexity index is 484. The van der Waals surface area contributed by atoms with Crippen LogP contribution in [0.2, 0.25) is 0 Å². The van der Waals surface area contributed by atoms with E-state index in [9.17, 15) is 9.50 Å². The van der Waals surface area contributed by atoms with Gasteiger partial charge in [0, 0.05) is 24.8 Å². The van der Waals surface area contributed by atoms with E-state index in [0.29, 0.717) is 18.8 Å². The molecule has 0 aliphatic carbocycles. The van der Waals surface area contributed by atoms with E-state index in [-0.39, 0.29) is 29.6 Å². The van der Waals surface area contributed by atoms with Crippen molar-refractivity contribution >= 4 is 12.4 Å². The predicted molar refractivity (Wildman–Crippen MR) is 70.5 cm³/mol. The van der Waals surface area contributed by atoms with Crippen molar-refractivity contribution in [2.24, 2.45) is 11.7 Å². The van der Waals surface area contributed by atoms with Crippen molar-refractivity contribution in [3.8, 4) is 11.8 Å². The quantitative estimate of drug-likeness (QED) is 0.874. The summed E-state index contributed by atoms with van der Waals surface area (Å²) < 4.78 is 18.5. The lowest BCUT2D eigenvalue weighted by Gasteiger charge is -2.28. The summed E-state index contributed by atoms with van der Waals surface area (Å²) in [6, 6.07) is 3.88. The van der Waals surface area contributed by atoms with Crippen molar-refractivity contribution in [3.05, 3.63) is 29.1 Å². The molecule has 4 nitrogen and oxygen atoms in total. The van der Waals surface area contributed by atoms with Crippen LogP contribution in [-0.2, 0) is 4.74 Å². The van der Waals surface area contributed by atoms with Gasteiger partial charge in [-0.2, -0.15) is 5.26 Å². The molecule has 1 fully saturated rings. The molecule has 1 atom stereocenters. The highest BCUT2D eigenvalue weighted by Gasteiger charge is 2.26. The Morgan fingerprint density at radius 3 is 2.63 bits per heavy atom. The molecule has 0 spiro atoms. The van der Waals surface area contributed by atoms with Gasteiger partial charge in [0.2, 0.25) is 0 Å². The fraction of sp³-hybridized carbons (Fsp3) is 0.462. The molecule has 1 heterocycles. The van der Waals surface area contributed by atoms with Crippen LogP contribution in [0, 0.1) is 23.1 Å². The standard InChI is InChI=1S/C13H15FN2O2.ClH/c14-11-2-1-9(13(17)10(11)7-15)12(16)8-3-5-18-6-4-8;/h1-2,8,12,17H,3-6,16H2;1H/t12-;/m0./s1. The molecule has 0 aromatic heterocycles. The van der Waals surface area contributed by atoms with E-state index in [4.69, 9.17) is 15.7 Å². The molecular formula is C13H16ClFN2O2. The number of rotatable bonds is 2. The molecule has 0 radical (unpaired) electrons. The number of ether oxygens (including phenoxy) is 1. The number of nitrogens with zero attached hydrogens (tertiary/aromatic N) is 1. The summed E-state index contributed by atoms with van der Waals surface area (Å²) in [5, 5.41) is 18.7. The molecule has 1 aromatic carbocycles. The van der Waals surface area contributed by atoms with Crippen molar-refractivity contribution in [3.63, 3.8) is 0 Å². The van der Waals surface area contributed by atoms with Crippen molar-refractivity contribution < 1.29 is 14.2 Å². The van der Waals surface area contributed by atoms with Gasteiger partial charge in [-0.05, 0) is 24.8 Å². The van der Waals surface area contributed by atoms with Gasteiger partial charge in [0.05, 0.1) is 0 Å². The summed E-state index contributed by atoms with van der Waals surface area (Å²) in [4.78, 5) is 0. The van der Waals surface area contributed by atoms with E-state index >= 15 is 0 Å². The van der Waals surface area contributed by atoms with E-state index in [1.54, 1.807) is 6.07 Å². The van der Waals surface area contributed by atoms with E-state index in [1.807, 2.05) is 0 Å². The second-order valence-electron chi connectivity index (χ2n) is 4.45. The topological polar surface area (TPSA) is 79.3 Å². The summed E-state index contributed by atoms with van der Waals surface area (Å²) >= 11 is 0. The number of phenols is 1. The molecule has 19 heavy (non-hydrogen) atoms. The van der Waals surface area contributed by atoms with Crippen LogP contribution >= 0.6 is 12.4 Å². The summed E-state index contributed by atoms with van der Waals surface area (Å²) in [5.74, 6) is -0.879. The van der Waals surface area contributed by atoms with Crippen molar-refractivity contribution in [2.45, 2.75) is 18.9 Å². The first-order chi connectivity index (χ1) is 8.65. The molecule has 0 unspecified atom stereocenters. The number of hydrogen-bond acceptors (Lipinski definition) is 4. The second kappa shape index (κ2) is 6.71. The van der Waals surface area contributed by atoms with Crippen molar-refractivity contribution in [1.82, 2.24) is 0 Å². The zero-order valence-electron chi connectivity index (χ0n) is 10.3. The number of halogens is 2. The smallest absolute Gasteiger partial charge is 0.144 e. The molecule has 1 aromatic rings. The summed E-state index contributed by atoms with van der Waals surface area (Å²) in [6.45, 7) is 1.29. The molecule has 2 rings (SSSR count). The van der Waals surface area contributed by atoms with Crippen molar-refractivity contribution in [2.75, 3.05) is 13.2 Å². The normalized spacial score (nSPS) is 17.3. The monoisotopic (exact) mass is 286 g/mol. The summed E-state index contributed by atoms with van der Waals surface area (Å²) in [7, 11) is 0. The molecule has 0 amide bonds. The minimum atomic E-state index is -0.724. The van der Waals surface area contributed by atoms with Gasteiger partial charge < -0.3 is 15.6 Å². The average molecular weight is 287 g/mol. The Kier molecular flexibility index (Phi) is 5.55. The SMILES string of the molecule is Cl.N#Cc1c(F)ccc([C@@H](N)C2CCOCC2)c1O. The van der Waals surface area contributed by atoms with Crippen LogP contribution in [0.3, 0.4) is 0 Å². The second-order valence-corrected chi connectivity index (χ2v) is 4.45. The number of hydrogen-bond donors (Lipinski definition) is 2. The van der Waals surface area contributed by atoms with Crippen LogP contribution in [0.1, 0.15) is 30.0 Å². The zero-order valence-corrected chi connectivity index (χ0v) is 11.1. The lowest BCUT2D eigenvalue weighted by molar-refractivity contribution is 0.0581. The third-order valence-corrected chi connectivity index (χ3v) is 3.40. The summed E-state index contributed by atoms with van der Waals surface area (Å²) in [6.07, 6.45) is 1.61. The highest BCUT2D eigenvalue weighted by molar-refractivity contribution is 5.85. The molecule has 1 saturated heterocycles. The molecular weight excluding hydrogens is 271 g/mol. The van der Waals surface area contributed by atoms with Gasteiger partial charge in [0.25, 0.3) is 0 Å². The summed E-state index contributed by atoms with van der Waals surface area (Å²) in [5.41, 5.74) is 6.19. The highest BCUT2D eigenvalue weighted by Crippen LogP contribution is 2.35. The zero-order chi connectivity index (χ0) is 13.1. The molecule has 0 bridgehead atoms. The van der Waals surface area contributed by atoms with Crippen LogP contribution in [0.25, 0.3) is 0 Å². The van der Waals surface area contributed by atoms with E-state index in [1.165, 1.54) is 12.1 Å². The van der Waals surface area contributed by atoms with Gasteiger partial charge in [-0.3, -0.25) is 0 Å². The largest absolute Gasteiger partial charge is 0.506 e. The lowest BCUT2D eigenvalue weighted by Crippen LogP contribution is -2.27. The molecule has 0 saturated carbocycles. The average Bonchev–Trinajstić information content (AvgIpc) is 2.40. The third kappa shape index (κ3) is 3.16. The first-order valence-electron chi connectivity index (χ1n) is 5.90. The molecule has 3 N–H and O–H groups in total. The van der Waals surface area contributed by atoms with Crippen LogP contribution < -0.4 is 5.73 Å². The van der Waals surface area contributed by atoms with Crippen LogP contribution in [0.4, 0.5) is 4.39 Å². The maximum absolute atomic E-state index is 13.3. The minimum Gasteiger partial charge on any atom is -0.506 e. The van der Waals surface area contributed by atoms with Crippen molar-refractivity contribution in [1.29, 1.82) is 5.26 Å². The lowest BCUT2D eigenvalue weighted by atomic mass is 9.86. The number of nitriles is 1. The first kappa shape index (κ1) is 15.7. The van der Waals surface area contributed by atoms with Gasteiger partial charge in [0.15, 0.2) is 0 Å². The van der Waals surface area contributed by atoms with Gasteiger partial charge in [0.1, 0.15) is 23.2 Å². The van der Waals surface area contributed by atoms with Crippen LogP contribution in [0.15, 0.2) is 12.1 Å². The predicted octanol–water partition coefficient (Wildman–Crippen LogP) is 2.25.